The van der Waals surface area contributed by atoms with Crippen LogP contribution in [0.1, 0.15) is 68.1 Å². The summed E-state index contributed by atoms with van der Waals surface area (Å²) in [5.41, 5.74) is 3.77. The normalized spacial score (nSPS) is 14.5. The third kappa shape index (κ3) is 5.16. The highest BCUT2D eigenvalue weighted by atomic mass is 16.3. The van der Waals surface area contributed by atoms with Crippen molar-refractivity contribution in [2.24, 2.45) is 0 Å². The molecule has 1 atom stereocenters. The number of aromatic nitrogens is 4. The molecule has 2 amide bonds. The molecule has 1 saturated carbocycles. The van der Waals surface area contributed by atoms with Gasteiger partial charge < -0.3 is 15.7 Å². The predicted molar refractivity (Wildman–Crippen MR) is 142 cm³/mol. The van der Waals surface area contributed by atoms with Crippen LogP contribution in [0.5, 0.6) is 5.75 Å². The Hall–Kier alpha value is -4.27. The number of carbonyl (C=O) groups is 2. The molecule has 2 heterocycles. The van der Waals surface area contributed by atoms with Crippen molar-refractivity contribution in [3.63, 3.8) is 0 Å². The molecule has 5 rings (SSSR count). The minimum atomic E-state index is -0.431. The molecule has 1 fully saturated rings. The Kier molecular flexibility index (Phi) is 6.85. The highest BCUT2D eigenvalue weighted by Gasteiger charge is 2.26. The number of phenols is 1. The van der Waals surface area contributed by atoms with E-state index in [1.54, 1.807) is 18.2 Å². The minimum Gasteiger partial charge on any atom is -0.507 e. The molecule has 2 aromatic carbocycles. The zero-order valence-corrected chi connectivity index (χ0v) is 20.9. The zero-order chi connectivity index (χ0) is 25.9. The SMILES string of the molecule is CCC(C)NC(=O)n1nc(-c2ccc(NC(=O)c3cnc4ccccc4n3)cc2O)cc1C1CCCC1. The maximum Gasteiger partial charge on any atom is 0.342 e. The van der Waals surface area contributed by atoms with Crippen LogP contribution in [0.2, 0.25) is 0 Å². The fourth-order valence-electron chi connectivity index (χ4n) is 4.66. The van der Waals surface area contributed by atoms with Crippen molar-refractivity contribution in [2.75, 3.05) is 5.32 Å². The van der Waals surface area contributed by atoms with E-state index in [4.69, 9.17) is 0 Å². The lowest BCUT2D eigenvalue weighted by atomic mass is 10.0. The predicted octanol–water partition coefficient (Wildman–Crippen LogP) is 5.47. The van der Waals surface area contributed by atoms with E-state index in [0.29, 0.717) is 28.0 Å². The van der Waals surface area contributed by atoms with Gasteiger partial charge in [-0.2, -0.15) is 9.78 Å². The van der Waals surface area contributed by atoms with Crippen LogP contribution >= 0.6 is 0 Å². The molecule has 2 aromatic heterocycles. The first kappa shape index (κ1) is 24.4. The number of carbonyl (C=O) groups excluding carboxylic acids is 2. The average Bonchev–Trinajstić information content (AvgIpc) is 3.59. The summed E-state index contributed by atoms with van der Waals surface area (Å²) in [7, 11) is 0. The first-order chi connectivity index (χ1) is 17.9. The molecule has 0 saturated heterocycles. The monoisotopic (exact) mass is 498 g/mol. The number of nitrogens with one attached hydrogen (secondary N) is 2. The molecule has 9 heteroatoms. The van der Waals surface area contributed by atoms with Gasteiger partial charge in [0.15, 0.2) is 0 Å². The lowest BCUT2D eigenvalue weighted by molar-refractivity contribution is 0.102. The molecular weight excluding hydrogens is 468 g/mol. The van der Waals surface area contributed by atoms with E-state index in [1.807, 2.05) is 38.1 Å². The fraction of sp³-hybridized carbons (Fsp3) is 0.321. The Labute approximate surface area is 214 Å². The molecule has 1 aliphatic carbocycles. The summed E-state index contributed by atoms with van der Waals surface area (Å²) in [4.78, 5) is 34.4. The minimum absolute atomic E-state index is 0.0279. The van der Waals surface area contributed by atoms with E-state index in [-0.39, 0.29) is 29.4 Å². The smallest absolute Gasteiger partial charge is 0.342 e. The Morgan fingerprint density at radius 1 is 1.11 bits per heavy atom. The molecular formula is C28H30N6O3. The van der Waals surface area contributed by atoms with Crippen LogP contribution in [-0.2, 0) is 0 Å². The highest BCUT2D eigenvalue weighted by molar-refractivity contribution is 6.03. The van der Waals surface area contributed by atoms with Crippen molar-refractivity contribution in [1.82, 2.24) is 25.1 Å². The number of para-hydroxylation sites is 2. The number of hydrogen-bond donors (Lipinski definition) is 3. The Balaban J connectivity index is 1.39. The van der Waals surface area contributed by atoms with E-state index in [9.17, 15) is 14.7 Å². The number of benzene rings is 2. The number of aromatic hydroxyl groups is 1. The molecule has 1 aliphatic rings. The van der Waals surface area contributed by atoms with Crippen LogP contribution in [0.15, 0.2) is 54.7 Å². The summed E-state index contributed by atoms with van der Waals surface area (Å²) in [6.07, 6.45) is 6.51. The molecule has 9 nitrogen and oxygen atoms in total. The van der Waals surface area contributed by atoms with Gasteiger partial charge in [0.1, 0.15) is 11.4 Å². The molecule has 1 unspecified atom stereocenters. The van der Waals surface area contributed by atoms with E-state index in [0.717, 1.165) is 37.8 Å². The fourth-order valence-corrected chi connectivity index (χ4v) is 4.66. The van der Waals surface area contributed by atoms with E-state index >= 15 is 0 Å². The molecule has 0 spiro atoms. The van der Waals surface area contributed by atoms with Gasteiger partial charge in [0.2, 0.25) is 0 Å². The van der Waals surface area contributed by atoms with Crippen LogP contribution in [-0.4, -0.2) is 42.8 Å². The van der Waals surface area contributed by atoms with Gasteiger partial charge in [0.05, 0.1) is 28.6 Å². The Morgan fingerprint density at radius 3 is 2.59 bits per heavy atom. The van der Waals surface area contributed by atoms with Gasteiger partial charge in [-0.25, -0.2) is 9.78 Å². The summed E-state index contributed by atoms with van der Waals surface area (Å²) < 4.78 is 1.45. The first-order valence-corrected chi connectivity index (χ1v) is 12.7. The number of anilines is 1. The maximum atomic E-state index is 13.0. The quantitative estimate of drug-likeness (QED) is 0.324. The van der Waals surface area contributed by atoms with Crippen LogP contribution in [0.25, 0.3) is 22.3 Å². The van der Waals surface area contributed by atoms with Crippen molar-refractivity contribution in [3.05, 3.63) is 66.1 Å². The molecule has 190 valence electrons. The lowest BCUT2D eigenvalue weighted by Gasteiger charge is -2.15. The lowest BCUT2D eigenvalue weighted by Crippen LogP contribution is -2.37. The van der Waals surface area contributed by atoms with Gasteiger partial charge in [-0.1, -0.05) is 31.9 Å². The summed E-state index contributed by atoms with van der Waals surface area (Å²) in [5, 5.41) is 21.2. The standard InChI is InChI=1S/C28H30N6O3/c1-3-17(2)30-28(37)34-25(18-8-4-5-9-18)15-23(33-34)20-13-12-19(14-26(20)35)31-27(36)24-16-29-21-10-6-7-11-22(21)32-24/h6-7,10-18,35H,3-5,8-9H2,1-2H3,(H,30,37)(H,31,36). The second kappa shape index (κ2) is 10.4. The van der Waals surface area contributed by atoms with Crippen molar-refractivity contribution in [2.45, 2.75) is 57.9 Å². The number of hydrogen-bond acceptors (Lipinski definition) is 6. The van der Waals surface area contributed by atoms with E-state index < -0.39 is 5.91 Å². The number of fused-ring (bicyclic) bond motifs is 1. The van der Waals surface area contributed by atoms with Crippen molar-refractivity contribution >= 4 is 28.7 Å². The summed E-state index contributed by atoms with van der Waals surface area (Å²) >= 11 is 0. The number of nitrogens with zero attached hydrogens (tertiary/aromatic N) is 4. The van der Waals surface area contributed by atoms with Gasteiger partial charge in [0, 0.05) is 29.3 Å². The summed E-state index contributed by atoms with van der Waals surface area (Å²) in [5.74, 6) is -0.222. The van der Waals surface area contributed by atoms with Crippen LogP contribution < -0.4 is 10.6 Å². The summed E-state index contributed by atoms with van der Waals surface area (Å²) in [6.45, 7) is 3.97. The second-order valence-corrected chi connectivity index (χ2v) is 9.54. The molecule has 0 bridgehead atoms. The van der Waals surface area contributed by atoms with Gasteiger partial charge in [-0.05, 0) is 56.5 Å². The zero-order valence-electron chi connectivity index (χ0n) is 20.9. The number of amides is 2. The van der Waals surface area contributed by atoms with Crippen LogP contribution in [0.3, 0.4) is 0 Å². The van der Waals surface area contributed by atoms with Gasteiger partial charge in [-0.3, -0.25) is 9.78 Å². The third-order valence-electron chi connectivity index (χ3n) is 6.90. The molecule has 0 radical (unpaired) electrons. The Bertz CT molecular complexity index is 1460. The van der Waals surface area contributed by atoms with Gasteiger partial charge in [0.25, 0.3) is 5.91 Å². The van der Waals surface area contributed by atoms with Gasteiger partial charge in [-0.15, -0.1) is 0 Å². The third-order valence-corrected chi connectivity index (χ3v) is 6.90. The van der Waals surface area contributed by atoms with E-state index in [1.165, 1.54) is 16.9 Å². The average molecular weight is 499 g/mol. The van der Waals surface area contributed by atoms with Crippen molar-refractivity contribution < 1.29 is 14.7 Å². The number of phenolic OH excluding ortho intramolecular Hbond substituents is 1. The maximum absolute atomic E-state index is 13.0. The highest BCUT2D eigenvalue weighted by Crippen LogP contribution is 2.38. The largest absolute Gasteiger partial charge is 0.507 e. The topological polar surface area (TPSA) is 122 Å². The molecule has 37 heavy (non-hydrogen) atoms. The van der Waals surface area contributed by atoms with E-state index in [2.05, 4.69) is 25.7 Å². The number of rotatable bonds is 6. The van der Waals surface area contributed by atoms with Crippen molar-refractivity contribution in [3.8, 4) is 17.0 Å². The van der Waals surface area contributed by atoms with Gasteiger partial charge >= 0.3 is 6.03 Å². The second-order valence-electron chi connectivity index (χ2n) is 9.54. The van der Waals surface area contributed by atoms with Crippen LogP contribution in [0.4, 0.5) is 10.5 Å². The summed E-state index contributed by atoms with van der Waals surface area (Å²) in [6, 6.07) is 13.8. The first-order valence-electron chi connectivity index (χ1n) is 12.7. The molecule has 4 aromatic rings. The molecule has 3 N–H and O–H groups in total. The Morgan fingerprint density at radius 2 is 1.86 bits per heavy atom. The van der Waals surface area contributed by atoms with Crippen molar-refractivity contribution in [1.29, 1.82) is 0 Å². The van der Waals surface area contributed by atoms with Crippen LogP contribution in [0, 0.1) is 0 Å². The molecule has 0 aliphatic heterocycles.